The quantitative estimate of drug-likeness (QED) is 0.717. The van der Waals surface area contributed by atoms with Gasteiger partial charge < -0.3 is 10.1 Å². The van der Waals surface area contributed by atoms with Gasteiger partial charge in [0.1, 0.15) is 0 Å². The minimum Gasteiger partial charge on any atom is -0.477 e. The Bertz CT molecular complexity index is 357. The summed E-state index contributed by atoms with van der Waals surface area (Å²) >= 11 is 0. The fraction of sp³-hybridized carbons (Fsp3) is 0.533. The summed E-state index contributed by atoms with van der Waals surface area (Å²) in [5.74, 6) is 1.35. The molecule has 1 heterocycles. The van der Waals surface area contributed by atoms with Crippen LogP contribution in [0.3, 0.4) is 0 Å². The molecule has 0 aliphatic rings. The average molecular weight is 248 g/mol. The largest absolute Gasteiger partial charge is 0.477 e. The molecule has 1 aromatic heterocycles. The Kier molecular flexibility index (Phi) is 6.44. The second-order valence-corrected chi connectivity index (χ2v) is 5.09. The monoisotopic (exact) mass is 248 g/mol. The molecule has 0 spiro atoms. The Morgan fingerprint density at radius 1 is 1.44 bits per heavy atom. The molecule has 1 N–H and O–H groups in total. The summed E-state index contributed by atoms with van der Waals surface area (Å²) in [6.45, 7) is 12.8. The molecule has 1 aromatic rings. The Balaban J connectivity index is 2.31. The lowest BCUT2D eigenvalue weighted by Crippen LogP contribution is -2.19. The second kappa shape index (κ2) is 7.88. The van der Waals surface area contributed by atoms with Crippen molar-refractivity contribution in [3.8, 4) is 5.88 Å². The third-order valence-electron chi connectivity index (χ3n) is 2.46. The van der Waals surface area contributed by atoms with Crippen molar-refractivity contribution in [3.63, 3.8) is 0 Å². The van der Waals surface area contributed by atoms with Gasteiger partial charge in [-0.3, -0.25) is 0 Å². The molecule has 0 saturated heterocycles. The number of pyridine rings is 1. The summed E-state index contributed by atoms with van der Waals surface area (Å²) < 4.78 is 5.52. The Morgan fingerprint density at radius 3 is 2.78 bits per heavy atom. The van der Waals surface area contributed by atoms with Crippen LogP contribution < -0.4 is 10.1 Å². The Morgan fingerprint density at radius 2 is 2.22 bits per heavy atom. The highest BCUT2D eigenvalue weighted by molar-refractivity contribution is 5.17. The van der Waals surface area contributed by atoms with Gasteiger partial charge in [-0.1, -0.05) is 25.5 Å². The van der Waals surface area contributed by atoms with Crippen LogP contribution in [0.25, 0.3) is 0 Å². The van der Waals surface area contributed by atoms with Crippen molar-refractivity contribution in [3.05, 3.63) is 36.0 Å². The van der Waals surface area contributed by atoms with E-state index in [2.05, 4.69) is 36.8 Å². The topological polar surface area (TPSA) is 34.1 Å². The first kappa shape index (κ1) is 14.7. The Hall–Kier alpha value is -1.35. The standard InChI is InChI=1S/C15H24N2O/c1-12(2)7-8-18-15-6-5-14(11-17-15)10-16-9-13(3)4/h5-6,11,13,16H,1,7-10H2,2-4H3. The molecule has 100 valence electrons. The van der Waals surface area contributed by atoms with E-state index in [4.69, 9.17) is 4.74 Å². The van der Waals surface area contributed by atoms with Crippen LogP contribution in [-0.4, -0.2) is 18.1 Å². The molecule has 18 heavy (non-hydrogen) atoms. The minimum atomic E-state index is 0.646. The van der Waals surface area contributed by atoms with Gasteiger partial charge in [-0.05, 0) is 24.9 Å². The maximum Gasteiger partial charge on any atom is 0.213 e. The smallest absolute Gasteiger partial charge is 0.213 e. The summed E-state index contributed by atoms with van der Waals surface area (Å²) in [4.78, 5) is 4.28. The summed E-state index contributed by atoms with van der Waals surface area (Å²) in [5.41, 5.74) is 2.31. The normalized spacial score (nSPS) is 10.7. The Labute approximate surface area is 110 Å². The average Bonchev–Trinajstić information content (AvgIpc) is 2.30. The fourth-order valence-corrected chi connectivity index (χ4v) is 1.44. The van der Waals surface area contributed by atoms with Gasteiger partial charge in [-0.15, -0.1) is 6.58 Å². The molecule has 0 unspecified atom stereocenters. The van der Waals surface area contributed by atoms with E-state index in [0.717, 1.165) is 25.1 Å². The first-order chi connectivity index (χ1) is 8.58. The van der Waals surface area contributed by atoms with Crippen LogP contribution in [0.15, 0.2) is 30.5 Å². The molecule has 0 atom stereocenters. The maximum absolute atomic E-state index is 5.52. The summed E-state index contributed by atoms with van der Waals surface area (Å²) in [7, 11) is 0. The van der Waals surface area contributed by atoms with Crippen LogP contribution in [0.5, 0.6) is 5.88 Å². The SMILES string of the molecule is C=C(C)CCOc1ccc(CNCC(C)C)cn1. The van der Waals surface area contributed by atoms with E-state index in [1.165, 1.54) is 5.56 Å². The zero-order valence-electron chi connectivity index (χ0n) is 11.7. The van der Waals surface area contributed by atoms with Crippen molar-refractivity contribution < 1.29 is 4.74 Å². The van der Waals surface area contributed by atoms with E-state index >= 15 is 0 Å². The van der Waals surface area contributed by atoms with Gasteiger partial charge in [0.2, 0.25) is 5.88 Å². The van der Waals surface area contributed by atoms with Gasteiger partial charge in [-0.2, -0.15) is 0 Å². The maximum atomic E-state index is 5.52. The summed E-state index contributed by atoms with van der Waals surface area (Å²) in [6.07, 6.45) is 2.74. The molecule has 0 fully saturated rings. The third-order valence-corrected chi connectivity index (χ3v) is 2.46. The molecule has 3 heteroatoms. The van der Waals surface area contributed by atoms with Gasteiger partial charge in [-0.25, -0.2) is 4.98 Å². The highest BCUT2D eigenvalue weighted by Gasteiger charge is 1.98. The van der Waals surface area contributed by atoms with E-state index in [9.17, 15) is 0 Å². The minimum absolute atomic E-state index is 0.646. The summed E-state index contributed by atoms with van der Waals surface area (Å²) in [6, 6.07) is 3.97. The number of ether oxygens (including phenoxy) is 1. The van der Waals surface area contributed by atoms with Crippen molar-refractivity contribution >= 4 is 0 Å². The van der Waals surface area contributed by atoms with Crippen molar-refractivity contribution in [2.24, 2.45) is 5.92 Å². The van der Waals surface area contributed by atoms with Crippen molar-refractivity contribution in [1.29, 1.82) is 0 Å². The van der Waals surface area contributed by atoms with Crippen molar-refractivity contribution in [2.75, 3.05) is 13.2 Å². The number of hydrogen-bond donors (Lipinski definition) is 1. The molecule has 0 aromatic carbocycles. The van der Waals surface area contributed by atoms with Crippen molar-refractivity contribution in [1.82, 2.24) is 10.3 Å². The molecule has 0 saturated carbocycles. The molecular weight excluding hydrogens is 224 g/mol. The molecule has 3 nitrogen and oxygen atoms in total. The number of hydrogen-bond acceptors (Lipinski definition) is 3. The van der Waals surface area contributed by atoms with E-state index < -0.39 is 0 Å². The van der Waals surface area contributed by atoms with Crippen LogP contribution in [-0.2, 0) is 6.54 Å². The van der Waals surface area contributed by atoms with Crippen molar-refractivity contribution in [2.45, 2.75) is 33.7 Å². The lowest BCUT2D eigenvalue weighted by Gasteiger charge is -2.08. The number of nitrogens with zero attached hydrogens (tertiary/aromatic N) is 1. The van der Waals surface area contributed by atoms with Gasteiger partial charge in [0, 0.05) is 25.2 Å². The van der Waals surface area contributed by atoms with Gasteiger partial charge in [0.15, 0.2) is 0 Å². The lowest BCUT2D eigenvalue weighted by atomic mass is 10.2. The third kappa shape index (κ3) is 6.40. The lowest BCUT2D eigenvalue weighted by molar-refractivity contribution is 0.309. The van der Waals surface area contributed by atoms with Crippen LogP contribution in [0.2, 0.25) is 0 Å². The summed E-state index contributed by atoms with van der Waals surface area (Å²) in [5, 5.41) is 3.39. The molecule has 0 bridgehead atoms. The highest BCUT2D eigenvalue weighted by atomic mass is 16.5. The zero-order chi connectivity index (χ0) is 13.4. The van der Waals surface area contributed by atoms with E-state index in [-0.39, 0.29) is 0 Å². The first-order valence-corrected chi connectivity index (χ1v) is 6.50. The molecule has 0 amide bonds. The number of nitrogens with one attached hydrogen (secondary N) is 1. The van der Waals surface area contributed by atoms with Crippen LogP contribution >= 0.6 is 0 Å². The molecule has 1 rings (SSSR count). The van der Waals surface area contributed by atoms with Gasteiger partial charge in [0.05, 0.1) is 6.61 Å². The highest BCUT2D eigenvalue weighted by Crippen LogP contribution is 2.08. The second-order valence-electron chi connectivity index (χ2n) is 5.09. The van der Waals surface area contributed by atoms with E-state index in [1.807, 2.05) is 19.2 Å². The first-order valence-electron chi connectivity index (χ1n) is 6.50. The predicted octanol–water partition coefficient (Wildman–Crippen LogP) is 3.17. The molecule has 0 aliphatic carbocycles. The molecule has 0 radical (unpaired) electrons. The predicted molar refractivity (Wildman–Crippen MR) is 75.7 cm³/mol. The van der Waals surface area contributed by atoms with Crippen LogP contribution in [0.4, 0.5) is 0 Å². The zero-order valence-corrected chi connectivity index (χ0v) is 11.7. The molecule has 0 aliphatic heterocycles. The number of aromatic nitrogens is 1. The van der Waals surface area contributed by atoms with E-state index in [0.29, 0.717) is 18.4 Å². The van der Waals surface area contributed by atoms with E-state index in [1.54, 1.807) is 0 Å². The van der Waals surface area contributed by atoms with Crippen LogP contribution in [0.1, 0.15) is 32.8 Å². The van der Waals surface area contributed by atoms with Gasteiger partial charge in [0.25, 0.3) is 0 Å². The fourth-order valence-electron chi connectivity index (χ4n) is 1.44. The van der Waals surface area contributed by atoms with Gasteiger partial charge >= 0.3 is 0 Å². The van der Waals surface area contributed by atoms with Crippen LogP contribution in [0, 0.1) is 5.92 Å². The number of rotatable bonds is 8. The molecular formula is C15H24N2O.